The minimum absolute atomic E-state index is 0.381. The van der Waals surface area contributed by atoms with Gasteiger partial charge in [0.25, 0.3) is 0 Å². The minimum Gasteiger partial charge on any atom is -0.248 e. The number of pyridine rings is 3. The minimum atomic E-state index is -0.810. The van der Waals surface area contributed by atoms with E-state index >= 15 is 0 Å². The molecule has 0 aliphatic rings. The van der Waals surface area contributed by atoms with Crippen molar-refractivity contribution < 1.29 is 0 Å². The number of hydrogen-bond donors (Lipinski definition) is 0. The van der Waals surface area contributed by atoms with Crippen LogP contribution in [0.1, 0.15) is 0 Å². The van der Waals surface area contributed by atoms with Crippen LogP contribution in [0, 0.1) is 0 Å². The van der Waals surface area contributed by atoms with Gasteiger partial charge in [-0.15, -0.1) is 0 Å². The highest BCUT2D eigenvalue weighted by Crippen LogP contribution is 2.34. The molecule has 0 aliphatic carbocycles. The molecule has 2 atom stereocenters. The third-order valence-corrected chi connectivity index (χ3v) is 16.8. The van der Waals surface area contributed by atoms with Crippen LogP contribution < -0.4 is 53.6 Å². The molecule has 3 aromatic heterocycles. The van der Waals surface area contributed by atoms with Crippen molar-refractivity contribution in [2.45, 2.75) is 0 Å². The molecule has 0 N–H and O–H groups in total. The second kappa shape index (κ2) is 18.4. The molecule has 0 aliphatic heterocycles. The molecule has 0 saturated heterocycles. The van der Waals surface area contributed by atoms with Crippen molar-refractivity contribution in [2.24, 2.45) is 0 Å². The zero-order valence-corrected chi connectivity index (χ0v) is 35.4. The van der Waals surface area contributed by atoms with Crippen molar-refractivity contribution in [1.82, 2.24) is 15.0 Å². The van der Waals surface area contributed by atoms with Gasteiger partial charge in [0.2, 0.25) is 0 Å². The largest absolute Gasteiger partial charge is 0.248 e. The van der Waals surface area contributed by atoms with E-state index in [9.17, 15) is 0 Å². The van der Waals surface area contributed by atoms with Gasteiger partial charge in [-0.1, -0.05) is 188 Å². The van der Waals surface area contributed by atoms with Gasteiger partial charge in [0.15, 0.2) is 0 Å². The van der Waals surface area contributed by atoms with Crippen LogP contribution in [0.15, 0.2) is 224 Å². The molecule has 9 aromatic rings. The van der Waals surface area contributed by atoms with E-state index in [1.807, 2.05) is 0 Å². The molecule has 58 heavy (non-hydrogen) atoms. The summed E-state index contributed by atoms with van der Waals surface area (Å²) in [6.07, 6.45) is 0. The van der Waals surface area contributed by atoms with Gasteiger partial charge < -0.3 is 0 Å². The van der Waals surface area contributed by atoms with Crippen LogP contribution in [0.2, 0.25) is 0 Å². The molecule has 0 fully saturated rings. The monoisotopic (exact) mass is 817 g/mol. The molecule has 0 spiro atoms. The predicted molar refractivity (Wildman–Crippen MR) is 256 cm³/mol. The Labute approximate surface area is 346 Å². The second-order valence-electron chi connectivity index (χ2n) is 13.5. The average Bonchev–Trinajstić information content (AvgIpc) is 3.29. The van der Waals surface area contributed by atoms with Crippen LogP contribution in [-0.4, -0.2) is 15.0 Å². The van der Waals surface area contributed by atoms with Crippen molar-refractivity contribution >= 4 is 86.6 Å². The van der Waals surface area contributed by atoms with Gasteiger partial charge in [-0.2, -0.15) is 0 Å². The molecule has 0 amide bonds. The van der Waals surface area contributed by atoms with Gasteiger partial charge in [0.1, 0.15) is 0 Å². The van der Waals surface area contributed by atoms with E-state index in [2.05, 4.69) is 224 Å². The highest BCUT2D eigenvalue weighted by Gasteiger charge is 2.21. The van der Waals surface area contributed by atoms with Gasteiger partial charge in [-0.25, -0.2) is 15.0 Å². The molecule has 0 saturated carbocycles. The summed E-state index contributed by atoms with van der Waals surface area (Å²) in [6, 6.07) is 79.9. The van der Waals surface area contributed by atoms with Crippen molar-refractivity contribution in [3.8, 4) is 22.5 Å². The van der Waals surface area contributed by atoms with Crippen LogP contribution in [-0.2, 0) is 0 Å². The van der Waals surface area contributed by atoms with Crippen molar-refractivity contribution in [1.29, 1.82) is 0 Å². The first-order valence-corrected chi connectivity index (χ1v) is 23.9. The zero-order chi connectivity index (χ0) is 38.9. The first-order chi connectivity index (χ1) is 28.8. The first kappa shape index (κ1) is 38.0. The maximum absolute atomic E-state index is 5.37. The van der Waals surface area contributed by atoms with Gasteiger partial charge in [-0.3, -0.25) is 0 Å². The van der Waals surface area contributed by atoms with Crippen molar-refractivity contribution in [2.75, 3.05) is 0 Å². The number of nitrogens with zero attached hydrogens (tertiary/aromatic N) is 3. The summed E-state index contributed by atoms with van der Waals surface area (Å²) < 4.78 is 0. The zero-order valence-electron chi connectivity index (χ0n) is 31.6. The van der Waals surface area contributed by atoms with Gasteiger partial charge in [-0.05, 0) is 85.4 Å². The Morgan fingerprint density at radius 1 is 0.276 bits per heavy atom. The van der Waals surface area contributed by atoms with E-state index in [1.165, 1.54) is 31.8 Å². The van der Waals surface area contributed by atoms with E-state index in [4.69, 9.17) is 15.0 Å². The Morgan fingerprint density at radius 3 is 0.983 bits per heavy atom. The van der Waals surface area contributed by atoms with Crippen molar-refractivity contribution in [3.63, 3.8) is 0 Å². The second-order valence-corrected chi connectivity index (χ2v) is 20.4. The van der Waals surface area contributed by atoms with Crippen LogP contribution >= 0.6 is 33.0 Å². The van der Waals surface area contributed by atoms with Gasteiger partial charge in [0.05, 0.1) is 33.1 Å². The summed E-state index contributed by atoms with van der Waals surface area (Å²) in [7, 11) is -0.857. The van der Waals surface area contributed by atoms with E-state index in [0.29, 0.717) is 17.2 Å². The Kier molecular flexibility index (Phi) is 12.1. The summed E-state index contributed by atoms with van der Waals surface area (Å²) in [6.45, 7) is 0. The molecule has 9 rings (SSSR count). The van der Waals surface area contributed by atoms with Crippen LogP contribution in [0.5, 0.6) is 0 Å². The quantitative estimate of drug-likeness (QED) is 0.118. The van der Waals surface area contributed by atoms with E-state index in [0.717, 1.165) is 44.3 Å². The standard InChI is InChI=1S/C51H39N3P4/c1-5-20-38(21-6-1)57(39-22-7-2-8-23-39)50-36-17-30-44(52-50)42-28-13-15-32-46(42)55-48-34-19-35-49(54-48)56-47-33-16-14-29-43(47)45-31-18-37-51(53-45)58(40-24-9-3-10-25-40)41-26-11-4-12-27-41/h1-37,55-56H. The molecule has 7 heteroatoms. The molecule has 0 radical (unpaired) electrons. The van der Waals surface area contributed by atoms with Crippen LogP contribution in [0.25, 0.3) is 22.5 Å². The number of hydrogen-bond acceptors (Lipinski definition) is 3. The summed E-state index contributed by atoms with van der Waals surface area (Å²) >= 11 is 0. The average molecular weight is 818 g/mol. The first-order valence-electron chi connectivity index (χ1n) is 19.2. The topological polar surface area (TPSA) is 38.7 Å². The van der Waals surface area contributed by atoms with Crippen LogP contribution in [0.3, 0.4) is 0 Å². The molecule has 3 nitrogen and oxygen atoms in total. The Bertz CT molecular complexity index is 2480. The normalized spacial score (nSPS) is 11.6. The fourth-order valence-electron chi connectivity index (χ4n) is 7.01. The molecule has 0 bridgehead atoms. The Morgan fingerprint density at radius 2 is 0.603 bits per heavy atom. The highest BCUT2D eigenvalue weighted by atomic mass is 31.1. The van der Waals surface area contributed by atoms with E-state index in [-0.39, 0.29) is 0 Å². The Hall–Kier alpha value is -5.51. The maximum Gasteiger partial charge on any atom is 0.0728 e. The third kappa shape index (κ3) is 8.81. The Balaban J connectivity index is 0.994. The number of rotatable bonds is 12. The maximum atomic E-state index is 5.37. The van der Waals surface area contributed by atoms with E-state index in [1.54, 1.807) is 0 Å². The van der Waals surface area contributed by atoms with Crippen molar-refractivity contribution in [3.05, 3.63) is 224 Å². The molecule has 278 valence electrons. The lowest BCUT2D eigenvalue weighted by Gasteiger charge is -2.19. The lowest BCUT2D eigenvalue weighted by atomic mass is 10.1. The lowest BCUT2D eigenvalue weighted by Crippen LogP contribution is -2.23. The predicted octanol–water partition coefficient (Wildman–Crippen LogP) is 7.98. The fraction of sp³-hybridized carbons (Fsp3) is 0. The lowest BCUT2D eigenvalue weighted by molar-refractivity contribution is 1.39. The summed E-state index contributed by atoms with van der Waals surface area (Å²) in [5, 5.41) is 7.64. The SMILES string of the molecule is c1ccc(P(c2ccccc2)c2cccc(-c3ccccc3Pc3cccc(Pc4ccccc4-c4cccc(P(c5ccccc5)c5ccccc5)n4)n3)n2)cc1. The smallest absolute Gasteiger partial charge is 0.0728 e. The summed E-state index contributed by atoms with van der Waals surface area (Å²) in [5.41, 5.74) is 8.61. The van der Waals surface area contributed by atoms with Gasteiger partial charge in [0, 0.05) is 27.0 Å². The molecule has 2 unspecified atom stereocenters. The van der Waals surface area contributed by atoms with Crippen LogP contribution in [0.4, 0.5) is 0 Å². The number of aromatic nitrogens is 3. The highest BCUT2D eigenvalue weighted by molar-refractivity contribution is 7.80. The van der Waals surface area contributed by atoms with E-state index < -0.39 is 15.8 Å². The summed E-state index contributed by atoms with van der Waals surface area (Å²) in [4.78, 5) is 16.0. The third-order valence-electron chi connectivity index (χ3n) is 9.67. The molecule has 6 aromatic carbocycles. The number of benzene rings is 6. The molecule has 3 heterocycles. The molecular formula is C51H39N3P4. The molecular weight excluding hydrogens is 778 g/mol. The van der Waals surface area contributed by atoms with Gasteiger partial charge >= 0.3 is 0 Å². The summed E-state index contributed by atoms with van der Waals surface area (Å²) in [5.74, 6) is 0. The fourth-order valence-corrected chi connectivity index (χ4v) is 13.9.